The molecule has 0 aliphatic carbocycles. The number of nitrogens with zero attached hydrogens (tertiary/aromatic N) is 5. The second kappa shape index (κ2) is 8.46. The highest BCUT2D eigenvalue weighted by Gasteiger charge is 2.22. The van der Waals surface area contributed by atoms with Crippen LogP contribution in [0.15, 0.2) is 65.7 Å². The fraction of sp³-hybridized carbons (Fsp3) is 0.240. The zero-order valence-corrected chi connectivity index (χ0v) is 18.8. The highest BCUT2D eigenvalue weighted by molar-refractivity contribution is 5.76. The molecule has 0 atom stereocenters. The van der Waals surface area contributed by atoms with Gasteiger partial charge in [0.1, 0.15) is 17.9 Å². The molecule has 0 spiro atoms. The summed E-state index contributed by atoms with van der Waals surface area (Å²) in [5, 5.41) is 4.50. The number of anilines is 1. The predicted octanol–water partition coefficient (Wildman–Crippen LogP) is 2.38. The number of hydrogen-bond acceptors (Lipinski definition) is 6. The van der Waals surface area contributed by atoms with Crippen molar-refractivity contribution < 1.29 is 18.7 Å². The summed E-state index contributed by atoms with van der Waals surface area (Å²) in [6, 6.07) is 13.6. The quantitative estimate of drug-likeness (QED) is 0.451. The molecule has 2 aliphatic heterocycles. The molecule has 0 radical (unpaired) electrons. The van der Waals surface area contributed by atoms with Crippen molar-refractivity contribution in [1.29, 1.82) is 0 Å². The van der Waals surface area contributed by atoms with Gasteiger partial charge in [0, 0.05) is 49.8 Å². The van der Waals surface area contributed by atoms with Crippen LogP contribution >= 0.6 is 0 Å². The maximum atomic E-state index is 13.2. The third-order valence-electron chi connectivity index (χ3n) is 6.40. The van der Waals surface area contributed by atoms with Gasteiger partial charge < -0.3 is 23.8 Å². The van der Waals surface area contributed by atoms with Gasteiger partial charge in [0.25, 0.3) is 5.56 Å². The second-order valence-electron chi connectivity index (χ2n) is 8.50. The van der Waals surface area contributed by atoms with E-state index >= 15 is 0 Å². The molecule has 1 fully saturated rings. The zero-order valence-electron chi connectivity index (χ0n) is 18.8. The number of carbonyl (C=O) groups excluding carboxylic acids is 1. The van der Waals surface area contributed by atoms with Crippen molar-refractivity contribution in [1.82, 2.24) is 19.1 Å². The van der Waals surface area contributed by atoms with Crippen molar-refractivity contribution in [2.45, 2.75) is 6.54 Å². The van der Waals surface area contributed by atoms with Gasteiger partial charge in [-0.2, -0.15) is 5.10 Å². The van der Waals surface area contributed by atoms with Crippen LogP contribution in [0.5, 0.6) is 11.5 Å². The topological polar surface area (TPSA) is 81.3 Å². The van der Waals surface area contributed by atoms with E-state index in [4.69, 9.17) is 9.47 Å². The SMILES string of the molecule is O=C(Cn1ccn2nc(-c3ccc4c(c3)OCO4)cc2c1=O)N1CCN(c2ccc(F)cc2)CC1. The Morgan fingerprint density at radius 3 is 2.51 bits per heavy atom. The Kier molecular flexibility index (Phi) is 5.13. The lowest BCUT2D eigenvalue weighted by molar-refractivity contribution is -0.132. The minimum Gasteiger partial charge on any atom is -0.454 e. The minimum absolute atomic E-state index is 0.0452. The number of amides is 1. The lowest BCUT2D eigenvalue weighted by atomic mass is 10.1. The van der Waals surface area contributed by atoms with E-state index in [9.17, 15) is 14.0 Å². The number of piperazine rings is 1. The average molecular weight is 475 g/mol. The van der Waals surface area contributed by atoms with Crippen LogP contribution in [0.3, 0.4) is 0 Å². The van der Waals surface area contributed by atoms with Crippen molar-refractivity contribution >= 4 is 17.1 Å². The Labute approximate surface area is 199 Å². The van der Waals surface area contributed by atoms with Crippen LogP contribution in [0.4, 0.5) is 10.1 Å². The second-order valence-corrected chi connectivity index (χ2v) is 8.50. The smallest absolute Gasteiger partial charge is 0.277 e. The normalized spacial score (nSPS) is 15.1. The first kappa shape index (κ1) is 21.2. The van der Waals surface area contributed by atoms with Gasteiger partial charge in [0.05, 0.1) is 5.69 Å². The summed E-state index contributed by atoms with van der Waals surface area (Å²) in [7, 11) is 0. The Hall–Kier alpha value is -4.34. The molecular weight excluding hydrogens is 453 g/mol. The molecule has 2 aromatic carbocycles. The molecule has 1 amide bonds. The lowest BCUT2D eigenvalue weighted by Crippen LogP contribution is -2.50. The van der Waals surface area contributed by atoms with Crippen LogP contribution in [0.25, 0.3) is 16.8 Å². The van der Waals surface area contributed by atoms with Crippen molar-refractivity contribution in [2.75, 3.05) is 37.9 Å². The molecule has 10 heteroatoms. The molecule has 6 rings (SSSR count). The van der Waals surface area contributed by atoms with Gasteiger partial charge in [-0.3, -0.25) is 9.59 Å². The number of aromatic nitrogens is 3. The molecule has 2 aromatic heterocycles. The molecule has 4 heterocycles. The molecule has 2 aliphatic rings. The third kappa shape index (κ3) is 3.96. The first-order chi connectivity index (χ1) is 17.0. The minimum atomic E-state index is -0.287. The summed E-state index contributed by atoms with van der Waals surface area (Å²) < 4.78 is 26.9. The Bertz CT molecular complexity index is 1470. The van der Waals surface area contributed by atoms with Crippen molar-refractivity contribution in [3.63, 3.8) is 0 Å². The number of benzene rings is 2. The van der Waals surface area contributed by atoms with E-state index < -0.39 is 0 Å². The maximum Gasteiger partial charge on any atom is 0.277 e. The van der Waals surface area contributed by atoms with E-state index in [2.05, 4.69) is 10.00 Å². The first-order valence-corrected chi connectivity index (χ1v) is 11.3. The van der Waals surface area contributed by atoms with Crippen LogP contribution < -0.4 is 19.9 Å². The molecule has 4 aromatic rings. The molecule has 0 saturated carbocycles. The monoisotopic (exact) mass is 475 g/mol. The fourth-order valence-corrected chi connectivity index (χ4v) is 4.46. The Balaban J connectivity index is 1.16. The first-order valence-electron chi connectivity index (χ1n) is 11.3. The largest absolute Gasteiger partial charge is 0.454 e. The highest BCUT2D eigenvalue weighted by Crippen LogP contribution is 2.35. The van der Waals surface area contributed by atoms with Gasteiger partial charge in [-0.25, -0.2) is 8.91 Å². The van der Waals surface area contributed by atoms with E-state index in [-0.39, 0.29) is 30.6 Å². The van der Waals surface area contributed by atoms with Crippen molar-refractivity contribution in [3.8, 4) is 22.8 Å². The van der Waals surface area contributed by atoms with Crippen molar-refractivity contribution in [3.05, 3.63) is 77.1 Å². The summed E-state index contributed by atoms with van der Waals surface area (Å²) in [4.78, 5) is 29.9. The number of halogens is 1. The summed E-state index contributed by atoms with van der Waals surface area (Å²) in [6.45, 7) is 2.50. The van der Waals surface area contributed by atoms with Gasteiger partial charge in [0.2, 0.25) is 12.7 Å². The summed E-state index contributed by atoms with van der Waals surface area (Å²) in [5.41, 5.74) is 2.46. The number of fused-ring (bicyclic) bond motifs is 2. The standard InChI is InChI=1S/C25H22FN5O4/c26-18-2-4-19(5-3-18)28-7-9-29(10-8-28)24(32)15-30-11-12-31-21(25(30)33)14-20(27-31)17-1-6-22-23(13-17)35-16-34-22/h1-6,11-14H,7-10,15-16H2. The Morgan fingerprint density at radius 1 is 0.943 bits per heavy atom. The highest BCUT2D eigenvalue weighted by atomic mass is 19.1. The van der Waals surface area contributed by atoms with Crippen molar-refractivity contribution in [2.24, 2.45) is 0 Å². The predicted molar refractivity (Wildman–Crippen MR) is 126 cm³/mol. The van der Waals surface area contributed by atoms with Crippen LogP contribution in [0.2, 0.25) is 0 Å². The van der Waals surface area contributed by atoms with E-state index in [1.165, 1.54) is 21.2 Å². The number of hydrogen-bond donors (Lipinski definition) is 0. The zero-order chi connectivity index (χ0) is 23.9. The molecule has 1 saturated heterocycles. The van der Waals surface area contributed by atoms with Gasteiger partial charge in [0.15, 0.2) is 11.5 Å². The molecule has 178 valence electrons. The number of ether oxygens (including phenoxy) is 2. The lowest BCUT2D eigenvalue weighted by Gasteiger charge is -2.36. The van der Waals surface area contributed by atoms with Gasteiger partial charge in [-0.15, -0.1) is 0 Å². The van der Waals surface area contributed by atoms with E-state index in [0.29, 0.717) is 48.9 Å². The molecule has 0 bridgehead atoms. The Morgan fingerprint density at radius 2 is 1.71 bits per heavy atom. The van der Waals surface area contributed by atoms with Gasteiger partial charge >= 0.3 is 0 Å². The molecule has 0 unspecified atom stereocenters. The summed E-state index contributed by atoms with van der Waals surface area (Å²) in [6.07, 6.45) is 3.26. The van der Waals surface area contributed by atoms with Crippen LogP contribution in [-0.4, -0.2) is 58.0 Å². The molecular formula is C25H22FN5O4. The van der Waals surface area contributed by atoms with Gasteiger partial charge in [-0.1, -0.05) is 0 Å². The summed E-state index contributed by atoms with van der Waals surface area (Å²) >= 11 is 0. The van der Waals surface area contributed by atoms with Gasteiger partial charge in [-0.05, 0) is 48.5 Å². The molecule has 0 N–H and O–H groups in total. The maximum absolute atomic E-state index is 13.2. The van der Waals surface area contributed by atoms with Crippen LogP contribution in [0.1, 0.15) is 0 Å². The fourth-order valence-electron chi connectivity index (χ4n) is 4.46. The average Bonchev–Trinajstić information content (AvgIpc) is 3.53. The number of rotatable bonds is 4. The summed E-state index contributed by atoms with van der Waals surface area (Å²) in [5.74, 6) is 0.927. The van der Waals surface area contributed by atoms with E-state index in [1.807, 2.05) is 18.2 Å². The van der Waals surface area contributed by atoms with Crippen LogP contribution in [-0.2, 0) is 11.3 Å². The van der Waals surface area contributed by atoms with Crippen LogP contribution in [0, 0.1) is 5.82 Å². The molecule has 35 heavy (non-hydrogen) atoms. The van der Waals surface area contributed by atoms with E-state index in [0.717, 1.165) is 11.3 Å². The molecule has 9 nitrogen and oxygen atoms in total. The third-order valence-corrected chi connectivity index (χ3v) is 6.40. The number of carbonyl (C=O) groups is 1. The van der Waals surface area contributed by atoms with E-state index in [1.54, 1.807) is 35.5 Å².